The van der Waals surface area contributed by atoms with E-state index < -0.39 is 6.36 Å². The highest BCUT2D eigenvalue weighted by atomic mass is 32.1. The first-order chi connectivity index (χ1) is 14.8. The number of rotatable bonds is 8. The molecule has 3 rings (SSSR count). The normalized spacial score (nSPS) is 11.5. The summed E-state index contributed by atoms with van der Waals surface area (Å²) >= 11 is 1.32. The highest BCUT2D eigenvalue weighted by Crippen LogP contribution is 2.26. The van der Waals surface area contributed by atoms with Crippen LogP contribution in [0.1, 0.15) is 18.2 Å². The third-order valence-electron chi connectivity index (χ3n) is 3.89. The van der Waals surface area contributed by atoms with Crippen LogP contribution in [0.5, 0.6) is 5.75 Å². The molecule has 0 spiro atoms. The van der Waals surface area contributed by atoms with Gasteiger partial charge in [0.05, 0.1) is 24.9 Å². The fourth-order valence-corrected chi connectivity index (χ4v) is 3.23. The van der Waals surface area contributed by atoms with E-state index in [4.69, 9.17) is 4.74 Å². The number of carbonyl (C=O) groups excluding carboxylic acids is 1. The molecular weight excluding hydrogens is 431 g/mol. The topological polar surface area (TPSA) is 72.8 Å². The first-order valence-corrected chi connectivity index (χ1v) is 10.1. The Bertz CT molecular complexity index is 1030. The number of thiazole rings is 1. The van der Waals surface area contributed by atoms with E-state index in [1.165, 1.54) is 23.5 Å². The van der Waals surface area contributed by atoms with E-state index in [2.05, 4.69) is 20.2 Å². The van der Waals surface area contributed by atoms with Crippen LogP contribution in [0.3, 0.4) is 0 Å². The first kappa shape index (κ1) is 22.3. The van der Waals surface area contributed by atoms with Crippen molar-refractivity contribution in [1.82, 2.24) is 4.98 Å². The minimum Gasteiger partial charge on any atom is -0.466 e. The number of nitrogens with one attached hydrogen (secondary N) is 1. The zero-order valence-corrected chi connectivity index (χ0v) is 17.2. The van der Waals surface area contributed by atoms with Crippen LogP contribution in [-0.4, -0.2) is 30.1 Å². The van der Waals surface area contributed by atoms with E-state index in [1.54, 1.807) is 30.7 Å². The predicted molar refractivity (Wildman–Crippen MR) is 112 cm³/mol. The molecule has 0 saturated carbocycles. The average molecular weight is 449 g/mol. The lowest BCUT2D eigenvalue weighted by Gasteiger charge is -2.09. The van der Waals surface area contributed by atoms with Gasteiger partial charge in [0.2, 0.25) is 5.13 Å². The van der Waals surface area contributed by atoms with Gasteiger partial charge >= 0.3 is 12.3 Å². The van der Waals surface area contributed by atoms with Crippen LogP contribution in [0.15, 0.2) is 59.0 Å². The molecule has 31 heavy (non-hydrogen) atoms. The summed E-state index contributed by atoms with van der Waals surface area (Å²) in [6.07, 6.45) is -2.99. The van der Waals surface area contributed by atoms with Gasteiger partial charge in [0.1, 0.15) is 5.75 Å². The number of hydrogen-bond donors (Lipinski definition) is 1. The van der Waals surface area contributed by atoms with Crippen molar-refractivity contribution in [3.63, 3.8) is 0 Å². The third-order valence-corrected chi connectivity index (χ3v) is 4.68. The smallest absolute Gasteiger partial charge is 0.466 e. The number of anilines is 1. The number of benzene rings is 2. The Kier molecular flexibility index (Phi) is 7.24. The largest absolute Gasteiger partial charge is 0.573 e. The molecule has 1 heterocycles. The molecule has 0 aliphatic heterocycles. The Morgan fingerprint density at radius 2 is 1.77 bits per heavy atom. The maximum Gasteiger partial charge on any atom is 0.573 e. The highest BCUT2D eigenvalue weighted by molar-refractivity contribution is 7.13. The molecule has 0 amide bonds. The number of aromatic nitrogens is 1. The van der Waals surface area contributed by atoms with Gasteiger partial charge < -0.3 is 9.47 Å². The van der Waals surface area contributed by atoms with Crippen LogP contribution in [0.25, 0.3) is 11.1 Å². The molecule has 0 atom stereocenters. The lowest BCUT2D eigenvalue weighted by atomic mass is 10.0. The number of nitrogens with zero attached hydrogens (tertiary/aromatic N) is 2. The number of hydrogen-bond acceptors (Lipinski definition) is 7. The first-order valence-electron chi connectivity index (χ1n) is 9.18. The van der Waals surface area contributed by atoms with Gasteiger partial charge in [0.15, 0.2) is 0 Å². The van der Waals surface area contributed by atoms with Gasteiger partial charge in [-0.2, -0.15) is 5.10 Å². The number of esters is 1. The number of carbonyl (C=O) groups is 1. The monoisotopic (exact) mass is 449 g/mol. The minimum atomic E-state index is -4.71. The maximum absolute atomic E-state index is 12.2. The third kappa shape index (κ3) is 7.10. The number of alkyl halides is 3. The van der Waals surface area contributed by atoms with Crippen molar-refractivity contribution in [1.29, 1.82) is 0 Å². The van der Waals surface area contributed by atoms with Gasteiger partial charge in [-0.05, 0) is 35.7 Å². The van der Waals surface area contributed by atoms with Crippen molar-refractivity contribution in [2.45, 2.75) is 19.7 Å². The van der Waals surface area contributed by atoms with E-state index in [1.807, 2.05) is 24.3 Å². The second-order valence-corrected chi connectivity index (χ2v) is 7.05. The molecule has 3 aromatic rings. The Morgan fingerprint density at radius 1 is 1.13 bits per heavy atom. The van der Waals surface area contributed by atoms with Gasteiger partial charge in [0.25, 0.3) is 0 Å². The van der Waals surface area contributed by atoms with Crippen LogP contribution >= 0.6 is 11.3 Å². The van der Waals surface area contributed by atoms with Gasteiger partial charge in [-0.1, -0.05) is 36.4 Å². The van der Waals surface area contributed by atoms with Crippen LogP contribution in [0.2, 0.25) is 0 Å². The molecule has 6 nitrogen and oxygen atoms in total. The van der Waals surface area contributed by atoms with E-state index >= 15 is 0 Å². The maximum atomic E-state index is 12.2. The summed E-state index contributed by atoms with van der Waals surface area (Å²) in [5.41, 5.74) is 5.83. The summed E-state index contributed by atoms with van der Waals surface area (Å²) < 4.78 is 45.5. The summed E-state index contributed by atoms with van der Waals surface area (Å²) in [6.45, 7) is 2.07. The van der Waals surface area contributed by atoms with E-state index in [0.717, 1.165) is 16.7 Å². The summed E-state index contributed by atoms with van der Waals surface area (Å²) in [5, 5.41) is 6.43. The summed E-state index contributed by atoms with van der Waals surface area (Å²) in [5.74, 6) is -0.593. The Balaban J connectivity index is 1.55. The van der Waals surface area contributed by atoms with Crippen LogP contribution in [-0.2, 0) is 16.0 Å². The fourth-order valence-electron chi connectivity index (χ4n) is 2.57. The molecule has 0 aliphatic carbocycles. The summed E-state index contributed by atoms with van der Waals surface area (Å²) in [6, 6.07) is 13.0. The Hall–Kier alpha value is -3.40. The number of hydrazone groups is 1. The average Bonchev–Trinajstić information content (AvgIpc) is 3.15. The lowest BCUT2D eigenvalue weighted by Crippen LogP contribution is -2.16. The summed E-state index contributed by atoms with van der Waals surface area (Å²) in [7, 11) is 0. The zero-order valence-electron chi connectivity index (χ0n) is 16.3. The fraction of sp³-hybridized carbons (Fsp3) is 0.190. The highest BCUT2D eigenvalue weighted by Gasteiger charge is 2.30. The van der Waals surface area contributed by atoms with Crippen LogP contribution < -0.4 is 10.2 Å². The molecule has 0 fully saturated rings. The van der Waals surface area contributed by atoms with Crippen molar-refractivity contribution in [2.24, 2.45) is 5.10 Å². The number of ether oxygens (including phenoxy) is 2. The molecule has 2 aromatic carbocycles. The predicted octanol–water partition coefficient (Wildman–Crippen LogP) is 5.26. The molecule has 0 saturated heterocycles. The van der Waals surface area contributed by atoms with Crippen molar-refractivity contribution in [2.75, 3.05) is 12.0 Å². The second kappa shape index (κ2) is 10.1. The molecule has 162 valence electrons. The van der Waals surface area contributed by atoms with E-state index in [0.29, 0.717) is 17.4 Å². The van der Waals surface area contributed by atoms with Crippen molar-refractivity contribution >= 4 is 28.7 Å². The molecule has 0 radical (unpaired) electrons. The van der Waals surface area contributed by atoms with Gasteiger partial charge in [0, 0.05) is 5.38 Å². The second-order valence-electron chi connectivity index (χ2n) is 6.19. The summed E-state index contributed by atoms with van der Waals surface area (Å²) in [4.78, 5) is 15.7. The number of halogens is 3. The SMILES string of the molecule is CCOC(=O)Cc1csc(NN=Cc2ccc(-c3ccc(OC(F)(F)F)cc3)cc2)n1. The van der Waals surface area contributed by atoms with Crippen LogP contribution in [0.4, 0.5) is 18.3 Å². The van der Waals surface area contributed by atoms with E-state index in [9.17, 15) is 18.0 Å². The molecule has 1 N–H and O–H groups in total. The van der Waals surface area contributed by atoms with Crippen molar-refractivity contribution in [3.8, 4) is 16.9 Å². The quantitative estimate of drug-likeness (QED) is 0.289. The van der Waals surface area contributed by atoms with E-state index in [-0.39, 0.29) is 18.1 Å². The zero-order chi connectivity index (χ0) is 22.3. The lowest BCUT2D eigenvalue weighted by molar-refractivity contribution is -0.274. The Labute approximate surface area is 180 Å². The molecule has 0 bridgehead atoms. The molecule has 1 aromatic heterocycles. The molecule has 0 unspecified atom stereocenters. The molecule has 0 aliphatic rings. The van der Waals surface area contributed by atoms with Crippen molar-refractivity contribution < 1.29 is 27.4 Å². The molecular formula is C21H18F3N3O3S. The minimum absolute atomic E-state index is 0.112. The Morgan fingerprint density at radius 3 is 2.39 bits per heavy atom. The van der Waals surface area contributed by atoms with Crippen molar-refractivity contribution in [3.05, 3.63) is 65.2 Å². The van der Waals surface area contributed by atoms with Crippen LogP contribution in [0, 0.1) is 0 Å². The van der Waals surface area contributed by atoms with Gasteiger partial charge in [-0.25, -0.2) is 4.98 Å². The van der Waals surface area contributed by atoms with Gasteiger partial charge in [-0.15, -0.1) is 24.5 Å². The molecule has 10 heteroatoms. The van der Waals surface area contributed by atoms with Gasteiger partial charge in [-0.3, -0.25) is 10.2 Å². The standard InChI is InChI=1S/C21H18F3N3O3S/c1-2-29-19(28)11-17-13-31-20(26-17)27-25-12-14-3-5-15(6-4-14)16-7-9-18(10-8-16)30-21(22,23)24/h3-10,12-13H,2,11H2,1H3,(H,26,27).